The summed E-state index contributed by atoms with van der Waals surface area (Å²) in [6.07, 6.45) is 41.2. The molecule has 310 valence electrons. The molecule has 54 heavy (non-hydrogen) atoms. The zero-order chi connectivity index (χ0) is 40.0. The molecule has 1 unspecified atom stereocenters. The van der Waals surface area contributed by atoms with E-state index in [-0.39, 0.29) is 19.4 Å². The van der Waals surface area contributed by atoms with E-state index in [9.17, 15) is 28.9 Å². The lowest BCUT2D eigenvalue weighted by Crippen LogP contribution is -2.70. The molecule has 11 nitrogen and oxygen atoms in total. The number of phosphoric acid groups is 1. The van der Waals surface area contributed by atoms with E-state index < -0.39 is 51.1 Å². The van der Waals surface area contributed by atoms with Crippen molar-refractivity contribution in [2.24, 2.45) is 0 Å². The highest BCUT2D eigenvalue weighted by Crippen LogP contribution is 2.38. The van der Waals surface area contributed by atoms with Gasteiger partial charge in [0.1, 0.15) is 25.2 Å². The first-order valence-electron chi connectivity index (χ1n) is 20.3. The molecular weight excluding hydrogens is 709 g/mol. The third-order valence-electron chi connectivity index (χ3n) is 8.28. The van der Waals surface area contributed by atoms with Crippen molar-refractivity contribution in [3.63, 3.8) is 0 Å². The van der Waals surface area contributed by atoms with E-state index in [0.717, 1.165) is 96.3 Å². The van der Waals surface area contributed by atoms with Gasteiger partial charge in [0, 0.05) is 12.8 Å². The molecule has 0 aromatic rings. The number of esters is 2. The Kier molecular flexibility index (Phi) is 35.2. The summed E-state index contributed by atoms with van der Waals surface area (Å²) in [7, 11) is -4.96. The molecule has 0 heterocycles. The van der Waals surface area contributed by atoms with E-state index in [1.165, 1.54) is 19.3 Å². The third-order valence-corrected chi connectivity index (χ3v) is 9.21. The van der Waals surface area contributed by atoms with Gasteiger partial charge in [0.05, 0.1) is 6.61 Å². The van der Waals surface area contributed by atoms with Crippen LogP contribution < -0.4 is 15.7 Å². The third kappa shape index (κ3) is 36.2. The van der Waals surface area contributed by atoms with Crippen LogP contribution >= 0.6 is 7.82 Å². The molecule has 0 rings (SSSR count). The van der Waals surface area contributed by atoms with Crippen LogP contribution in [0.3, 0.4) is 0 Å². The molecule has 12 heteroatoms. The SMILES string of the molecule is CC/C=C\C/C=C\C/C=C\CCCCCCCC(=O)O[C@H](COC(=O)CCCCCCC/C=C\C/C=C\CCCCC)COP(=O)([O-])OC[C@H]([NH3+])C(=O)[O-]. The number of hydrogen-bond acceptors (Lipinski definition) is 10. The average Bonchev–Trinajstić information content (AvgIpc) is 3.14. The molecular formula is C42H71NO10P-. The van der Waals surface area contributed by atoms with E-state index in [4.69, 9.17) is 14.0 Å². The highest BCUT2D eigenvalue weighted by atomic mass is 31.2. The Balaban J connectivity index is 4.47. The summed E-state index contributed by atoms with van der Waals surface area (Å²) in [5.41, 5.74) is 3.23. The molecule has 3 atom stereocenters. The number of phosphoric ester groups is 1. The molecule has 0 saturated carbocycles. The van der Waals surface area contributed by atoms with Gasteiger partial charge in [-0.05, 0) is 77.0 Å². The van der Waals surface area contributed by atoms with Crippen LogP contribution in [0.2, 0.25) is 0 Å². The minimum atomic E-state index is -4.96. The highest BCUT2D eigenvalue weighted by Gasteiger charge is 2.22. The van der Waals surface area contributed by atoms with Crippen molar-refractivity contribution < 1.29 is 53.2 Å². The summed E-state index contributed by atoms with van der Waals surface area (Å²) in [5.74, 6) is -2.63. The van der Waals surface area contributed by atoms with Crippen molar-refractivity contribution in [1.82, 2.24) is 0 Å². The van der Waals surface area contributed by atoms with E-state index >= 15 is 0 Å². The van der Waals surface area contributed by atoms with Gasteiger partial charge in [-0.25, -0.2) is 0 Å². The van der Waals surface area contributed by atoms with Crippen LogP contribution in [0.4, 0.5) is 0 Å². The quantitative estimate of drug-likeness (QED) is 0.0284. The number of carboxylic acid groups (broad SMARTS) is 1. The van der Waals surface area contributed by atoms with E-state index in [2.05, 4.69) is 84.9 Å². The van der Waals surface area contributed by atoms with E-state index in [1.807, 2.05) is 0 Å². The summed E-state index contributed by atoms with van der Waals surface area (Å²) in [4.78, 5) is 48.0. The van der Waals surface area contributed by atoms with Gasteiger partial charge in [0.25, 0.3) is 7.82 Å². The zero-order valence-electron chi connectivity index (χ0n) is 33.3. The topological polar surface area (TPSA) is 179 Å². The Morgan fingerprint density at radius 1 is 0.593 bits per heavy atom. The van der Waals surface area contributed by atoms with Gasteiger partial charge >= 0.3 is 11.9 Å². The van der Waals surface area contributed by atoms with Crippen molar-refractivity contribution in [3.8, 4) is 0 Å². The number of rotatable bonds is 37. The molecule has 0 fully saturated rings. The van der Waals surface area contributed by atoms with Gasteiger partial charge in [-0.15, -0.1) is 0 Å². The predicted octanol–water partition coefficient (Wildman–Crippen LogP) is 7.71. The molecule has 0 saturated heterocycles. The molecule has 0 aliphatic carbocycles. The normalized spacial score (nSPS) is 14.4. The number of ether oxygens (including phenoxy) is 2. The molecule has 3 N–H and O–H groups in total. The zero-order valence-corrected chi connectivity index (χ0v) is 34.2. The van der Waals surface area contributed by atoms with Crippen LogP contribution in [0.25, 0.3) is 0 Å². The van der Waals surface area contributed by atoms with Gasteiger partial charge in [-0.1, -0.05) is 126 Å². The largest absolute Gasteiger partial charge is 0.756 e. The lowest BCUT2D eigenvalue weighted by atomic mass is 10.1. The molecule has 0 amide bonds. The number of carbonyl (C=O) groups is 3. The van der Waals surface area contributed by atoms with Crippen LogP contribution in [0.1, 0.15) is 155 Å². The Hall–Kier alpha value is -2.82. The predicted molar refractivity (Wildman–Crippen MR) is 211 cm³/mol. The molecule has 0 aliphatic rings. The summed E-state index contributed by atoms with van der Waals surface area (Å²) in [5, 5.41) is 10.8. The van der Waals surface area contributed by atoms with Gasteiger partial charge in [-0.2, -0.15) is 0 Å². The molecule has 0 radical (unpaired) electrons. The first kappa shape index (κ1) is 51.2. The molecule has 0 aromatic heterocycles. The van der Waals surface area contributed by atoms with Crippen molar-refractivity contribution in [1.29, 1.82) is 0 Å². The van der Waals surface area contributed by atoms with Crippen LogP contribution in [0.15, 0.2) is 60.8 Å². The number of carbonyl (C=O) groups excluding carboxylic acids is 3. The molecule has 0 aliphatic heterocycles. The van der Waals surface area contributed by atoms with Crippen molar-refractivity contribution in [2.75, 3.05) is 19.8 Å². The summed E-state index contributed by atoms with van der Waals surface area (Å²) < 4.78 is 32.3. The standard InChI is InChI=1S/C42H72NO10P/c1-3-5-7-9-11-13-15-17-19-21-23-25-27-29-31-33-40(44)50-35-38(36-51-54(48,49)52-37-39(43)42(46)47)53-41(45)34-32-30-28-26-24-22-20-18-16-14-12-10-8-6-4-2/h6,8,11-14,17-20,38-39H,3-5,7,9-10,15-16,21-37,43H2,1-2H3,(H,46,47)(H,48,49)/p-1/b8-6-,13-11-,14-12-,19-17-,20-18-/t38-,39+/m1/s1. The summed E-state index contributed by atoms with van der Waals surface area (Å²) in [6, 6.07) is -1.43. The second-order valence-electron chi connectivity index (χ2n) is 13.4. The van der Waals surface area contributed by atoms with Crippen molar-refractivity contribution >= 4 is 25.7 Å². The van der Waals surface area contributed by atoms with Gasteiger partial charge in [0.2, 0.25) is 0 Å². The first-order chi connectivity index (χ1) is 26.1. The van der Waals surface area contributed by atoms with Crippen molar-refractivity contribution in [2.45, 2.75) is 167 Å². The molecule has 0 spiro atoms. The van der Waals surface area contributed by atoms with Crippen LogP contribution in [0, 0.1) is 0 Å². The van der Waals surface area contributed by atoms with Gasteiger partial charge < -0.3 is 39.0 Å². The maximum absolute atomic E-state index is 12.6. The average molecular weight is 781 g/mol. The van der Waals surface area contributed by atoms with Crippen LogP contribution in [-0.4, -0.2) is 49.9 Å². The fourth-order valence-electron chi connectivity index (χ4n) is 5.05. The van der Waals surface area contributed by atoms with Crippen LogP contribution in [-0.2, 0) is 37.5 Å². The second-order valence-corrected chi connectivity index (χ2v) is 14.8. The molecule has 0 bridgehead atoms. The lowest BCUT2D eigenvalue weighted by molar-refractivity contribution is -0.441. The van der Waals surface area contributed by atoms with Gasteiger partial charge in [0.15, 0.2) is 6.10 Å². The summed E-state index contributed by atoms with van der Waals surface area (Å²) in [6.45, 7) is 2.51. The fourth-order valence-corrected chi connectivity index (χ4v) is 5.84. The first-order valence-corrected chi connectivity index (χ1v) is 21.8. The summed E-state index contributed by atoms with van der Waals surface area (Å²) >= 11 is 0. The lowest BCUT2D eigenvalue weighted by Gasteiger charge is -2.26. The number of hydrogen-bond donors (Lipinski definition) is 1. The number of unbranched alkanes of at least 4 members (excludes halogenated alkanes) is 13. The fraction of sp³-hybridized carbons (Fsp3) is 0.690. The Bertz CT molecular complexity index is 1150. The molecule has 0 aromatic carbocycles. The minimum absolute atomic E-state index is 0.121. The minimum Gasteiger partial charge on any atom is -0.756 e. The Morgan fingerprint density at radius 2 is 1.04 bits per heavy atom. The Morgan fingerprint density at radius 3 is 1.56 bits per heavy atom. The number of allylic oxidation sites excluding steroid dienone is 10. The monoisotopic (exact) mass is 780 g/mol. The number of aliphatic carboxylic acids is 1. The Labute approximate surface area is 326 Å². The highest BCUT2D eigenvalue weighted by molar-refractivity contribution is 7.45. The maximum atomic E-state index is 12.6. The number of quaternary nitrogens is 1. The van der Waals surface area contributed by atoms with E-state index in [0.29, 0.717) is 12.8 Å². The van der Waals surface area contributed by atoms with Gasteiger partial charge in [-0.3, -0.25) is 14.2 Å². The smallest absolute Gasteiger partial charge is 0.306 e. The van der Waals surface area contributed by atoms with Crippen LogP contribution in [0.5, 0.6) is 0 Å². The van der Waals surface area contributed by atoms with Crippen molar-refractivity contribution in [3.05, 3.63) is 60.8 Å². The van der Waals surface area contributed by atoms with E-state index in [1.54, 1.807) is 0 Å². The number of carboxylic acids is 1. The maximum Gasteiger partial charge on any atom is 0.306 e. The second kappa shape index (κ2) is 37.1.